The molecule has 1 fully saturated rings. The van der Waals surface area contributed by atoms with Gasteiger partial charge in [-0.3, -0.25) is 9.69 Å². The summed E-state index contributed by atoms with van der Waals surface area (Å²) in [5, 5.41) is 6.03. The minimum Gasteiger partial charge on any atom is -0.466 e. The average Bonchev–Trinajstić information content (AvgIpc) is 3.36. The van der Waals surface area contributed by atoms with Crippen LogP contribution >= 0.6 is 11.3 Å². The molecule has 0 aliphatic carbocycles. The highest BCUT2D eigenvalue weighted by Crippen LogP contribution is 2.22. The highest BCUT2D eigenvalue weighted by Gasteiger charge is 2.25. The molecular formula is C18H20N4O3S. The number of furan rings is 1. The number of hydrogen-bond acceptors (Lipinski definition) is 7. The van der Waals surface area contributed by atoms with E-state index in [4.69, 9.17) is 8.94 Å². The number of nitrogens with zero attached hydrogens (tertiary/aromatic N) is 4. The van der Waals surface area contributed by atoms with Crippen LogP contribution in [0.2, 0.25) is 0 Å². The molecule has 1 saturated heterocycles. The summed E-state index contributed by atoms with van der Waals surface area (Å²) < 4.78 is 10.8. The minimum atomic E-state index is 0.0387. The van der Waals surface area contributed by atoms with E-state index in [1.54, 1.807) is 11.3 Å². The first-order chi connectivity index (χ1) is 12.6. The molecule has 3 aromatic heterocycles. The van der Waals surface area contributed by atoms with Crippen molar-refractivity contribution < 1.29 is 13.7 Å². The van der Waals surface area contributed by atoms with Crippen LogP contribution in [-0.4, -0.2) is 52.0 Å². The van der Waals surface area contributed by atoms with Crippen LogP contribution < -0.4 is 0 Å². The molecule has 0 aromatic carbocycles. The van der Waals surface area contributed by atoms with E-state index in [1.165, 1.54) is 0 Å². The van der Waals surface area contributed by atoms with Crippen molar-refractivity contribution in [3.63, 3.8) is 0 Å². The zero-order chi connectivity index (χ0) is 18.1. The van der Waals surface area contributed by atoms with E-state index in [0.717, 1.165) is 23.7 Å². The van der Waals surface area contributed by atoms with Gasteiger partial charge in [-0.05, 0) is 31.4 Å². The highest BCUT2D eigenvalue weighted by atomic mass is 32.1. The second kappa shape index (κ2) is 7.05. The Hall–Kier alpha value is -2.45. The topological polar surface area (TPSA) is 75.6 Å². The van der Waals surface area contributed by atoms with E-state index in [9.17, 15) is 4.79 Å². The van der Waals surface area contributed by atoms with Gasteiger partial charge in [-0.1, -0.05) is 11.2 Å². The third kappa shape index (κ3) is 3.42. The molecule has 1 amide bonds. The summed E-state index contributed by atoms with van der Waals surface area (Å²) in [7, 11) is 0. The summed E-state index contributed by atoms with van der Waals surface area (Å²) in [5.74, 6) is 2.73. The zero-order valence-electron chi connectivity index (χ0n) is 14.8. The van der Waals surface area contributed by atoms with Crippen LogP contribution in [0, 0.1) is 13.8 Å². The predicted molar refractivity (Wildman–Crippen MR) is 97.0 cm³/mol. The van der Waals surface area contributed by atoms with Crippen LogP contribution in [-0.2, 0) is 6.54 Å². The lowest BCUT2D eigenvalue weighted by Crippen LogP contribution is -2.48. The maximum absolute atomic E-state index is 12.6. The molecule has 136 valence electrons. The van der Waals surface area contributed by atoms with Gasteiger partial charge in [0.05, 0.1) is 17.0 Å². The Morgan fingerprint density at radius 1 is 1.27 bits per heavy atom. The van der Waals surface area contributed by atoms with Crippen LogP contribution in [0.25, 0.3) is 10.7 Å². The standard InChI is InChI=1S/C18H20N4O3S/c1-12-10-14(13(2)24-12)18(23)22-7-5-21(6-8-22)11-16-19-17(20-25-16)15-4-3-9-26-15/h3-4,9-10H,5-8,11H2,1-2H3. The van der Waals surface area contributed by atoms with Gasteiger partial charge in [0.15, 0.2) is 0 Å². The number of hydrogen-bond donors (Lipinski definition) is 0. The summed E-state index contributed by atoms with van der Waals surface area (Å²) in [5.41, 5.74) is 0.661. The third-order valence-corrected chi connectivity index (χ3v) is 5.37. The molecule has 26 heavy (non-hydrogen) atoms. The van der Waals surface area contributed by atoms with Crippen molar-refractivity contribution >= 4 is 17.2 Å². The first-order valence-electron chi connectivity index (χ1n) is 8.55. The maximum Gasteiger partial charge on any atom is 0.257 e. The molecule has 0 bridgehead atoms. The molecule has 8 heteroatoms. The van der Waals surface area contributed by atoms with Gasteiger partial charge in [0.2, 0.25) is 11.7 Å². The monoisotopic (exact) mass is 372 g/mol. The maximum atomic E-state index is 12.6. The van der Waals surface area contributed by atoms with E-state index in [1.807, 2.05) is 42.3 Å². The quantitative estimate of drug-likeness (QED) is 0.701. The molecule has 7 nitrogen and oxygen atoms in total. The highest BCUT2D eigenvalue weighted by molar-refractivity contribution is 7.13. The molecule has 4 rings (SSSR count). The smallest absolute Gasteiger partial charge is 0.257 e. The first-order valence-corrected chi connectivity index (χ1v) is 9.43. The van der Waals surface area contributed by atoms with E-state index >= 15 is 0 Å². The van der Waals surface area contributed by atoms with E-state index in [0.29, 0.717) is 42.7 Å². The average molecular weight is 372 g/mol. The Morgan fingerprint density at radius 3 is 2.73 bits per heavy atom. The fourth-order valence-electron chi connectivity index (χ4n) is 3.14. The third-order valence-electron chi connectivity index (χ3n) is 4.50. The molecule has 0 spiro atoms. The zero-order valence-corrected chi connectivity index (χ0v) is 15.6. The van der Waals surface area contributed by atoms with Crippen molar-refractivity contribution in [1.29, 1.82) is 0 Å². The lowest BCUT2D eigenvalue weighted by Gasteiger charge is -2.33. The van der Waals surface area contributed by atoms with Crippen molar-refractivity contribution in [1.82, 2.24) is 19.9 Å². The van der Waals surface area contributed by atoms with Crippen molar-refractivity contribution in [2.24, 2.45) is 0 Å². The second-order valence-corrected chi connectivity index (χ2v) is 7.33. The van der Waals surface area contributed by atoms with Gasteiger partial charge < -0.3 is 13.8 Å². The second-order valence-electron chi connectivity index (χ2n) is 6.38. The van der Waals surface area contributed by atoms with Crippen LogP contribution in [0.4, 0.5) is 0 Å². The molecule has 0 saturated carbocycles. The summed E-state index contributed by atoms with van der Waals surface area (Å²) in [6, 6.07) is 5.76. The van der Waals surface area contributed by atoms with Gasteiger partial charge >= 0.3 is 0 Å². The van der Waals surface area contributed by atoms with Crippen LogP contribution in [0.1, 0.15) is 27.8 Å². The van der Waals surface area contributed by atoms with Crippen molar-refractivity contribution in [3.05, 3.63) is 46.6 Å². The summed E-state index contributed by atoms with van der Waals surface area (Å²) in [4.78, 5) is 22.2. The molecule has 4 heterocycles. The molecule has 0 unspecified atom stereocenters. The van der Waals surface area contributed by atoms with Gasteiger partial charge in [0.25, 0.3) is 5.91 Å². The number of amides is 1. The molecular weight excluding hydrogens is 352 g/mol. The van der Waals surface area contributed by atoms with Crippen molar-refractivity contribution in [2.45, 2.75) is 20.4 Å². The molecule has 1 aliphatic heterocycles. The largest absolute Gasteiger partial charge is 0.466 e. The van der Waals surface area contributed by atoms with Gasteiger partial charge in [-0.25, -0.2) is 0 Å². The summed E-state index contributed by atoms with van der Waals surface area (Å²) >= 11 is 1.59. The number of rotatable bonds is 4. The van der Waals surface area contributed by atoms with Crippen LogP contribution in [0.3, 0.4) is 0 Å². The van der Waals surface area contributed by atoms with Gasteiger partial charge in [0.1, 0.15) is 11.5 Å². The molecule has 0 atom stereocenters. The molecule has 0 N–H and O–H groups in total. The van der Waals surface area contributed by atoms with E-state index in [2.05, 4.69) is 15.0 Å². The Labute approximate surface area is 155 Å². The Balaban J connectivity index is 1.34. The molecule has 3 aromatic rings. The predicted octanol–water partition coefficient (Wildman–Crippen LogP) is 2.97. The van der Waals surface area contributed by atoms with Crippen molar-refractivity contribution in [2.75, 3.05) is 26.2 Å². The summed E-state index contributed by atoms with van der Waals surface area (Å²) in [6.07, 6.45) is 0. The van der Waals surface area contributed by atoms with Crippen LogP contribution in [0.5, 0.6) is 0 Å². The Morgan fingerprint density at radius 2 is 2.08 bits per heavy atom. The van der Waals surface area contributed by atoms with E-state index < -0.39 is 0 Å². The Kier molecular flexibility index (Phi) is 4.60. The molecule has 1 aliphatic rings. The number of carbonyl (C=O) groups excluding carboxylic acids is 1. The van der Waals surface area contributed by atoms with E-state index in [-0.39, 0.29) is 5.91 Å². The molecule has 0 radical (unpaired) electrons. The lowest BCUT2D eigenvalue weighted by molar-refractivity contribution is 0.0613. The number of aryl methyl sites for hydroxylation is 2. The fraction of sp³-hybridized carbons (Fsp3) is 0.389. The Bertz CT molecular complexity index is 892. The SMILES string of the molecule is Cc1cc(C(=O)N2CCN(Cc3nc(-c4cccs4)no3)CC2)c(C)o1. The lowest BCUT2D eigenvalue weighted by atomic mass is 10.2. The summed E-state index contributed by atoms with van der Waals surface area (Å²) in [6.45, 7) is 7.19. The first kappa shape index (κ1) is 17.0. The van der Waals surface area contributed by atoms with Crippen LogP contribution in [0.15, 0.2) is 32.5 Å². The van der Waals surface area contributed by atoms with Gasteiger partial charge in [-0.15, -0.1) is 11.3 Å². The normalized spacial score (nSPS) is 15.5. The van der Waals surface area contributed by atoms with Crippen molar-refractivity contribution in [3.8, 4) is 10.7 Å². The minimum absolute atomic E-state index is 0.0387. The van der Waals surface area contributed by atoms with Gasteiger partial charge in [0, 0.05) is 26.2 Å². The number of aromatic nitrogens is 2. The number of carbonyl (C=O) groups is 1. The number of thiophene rings is 1. The van der Waals surface area contributed by atoms with Gasteiger partial charge in [-0.2, -0.15) is 4.98 Å². The number of piperazine rings is 1. The fourth-order valence-corrected chi connectivity index (χ4v) is 3.79.